The van der Waals surface area contributed by atoms with Crippen molar-refractivity contribution in [3.05, 3.63) is 0 Å². The molecule has 82 valence electrons. The summed E-state index contributed by atoms with van der Waals surface area (Å²) in [5, 5.41) is 9.60. The van der Waals surface area contributed by atoms with E-state index in [1.807, 2.05) is 0 Å². The highest BCUT2D eigenvalue weighted by Crippen LogP contribution is 2.16. The van der Waals surface area contributed by atoms with Gasteiger partial charge in [-0.05, 0) is 32.4 Å². The second-order valence-corrected chi connectivity index (χ2v) is 4.40. The predicted molar refractivity (Wildman–Crippen MR) is 54.0 cm³/mol. The maximum absolute atomic E-state index is 9.60. The van der Waals surface area contributed by atoms with Gasteiger partial charge in [-0.2, -0.15) is 0 Å². The van der Waals surface area contributed by atoms with E-state index < -0.39 is 0 Å². The van der Waals surface area contributed by atoms with E-state index in [2.05, 4.69) is 4.90 Å². The Morgan fingerprint density at radius 1 is 1.29 bits per heavy atom. The summed E-state index contributed by atoms with van der Waals surface area (Å²) in [6, 6.07) is 0.376. The van der Waals surface area contributed by atoms with Crippen molar-refractivity contribution >= 4 is 0 Å². The van der Waals surface area contributed by atoms with Gasteiger partial charge in [0.05, 0.1) is 12.2 Å². The zero-order valence-corrected chi connectivity index (χ0v) is 8.56. The number of hydrogen-bond acceptors (Lipinski definition) is 4. The molecule has 2 heterocycles. The van der Waals surface area contributed by atoms with Crippen LogP contribution in [0.4, 0.5) is 0 Å². The van der Waals surface area contributed by atoms with Gasteiger partial charge in [-0.25, -0.2) is 0 Å². The zero-order valence-electron chi connectivity index (χ0n) is 8.56. The molecule has 0 radical (unpaired) electrons. The Morgan fingerprint density at radius 2 is 2.00 bits per heavy atom. The van der Waals surface area contributed by atoms with Crippen molar-refractivity contribution in [1.29, 1.82) is 0 Å². The first-order valence-electron chi connectivity index (χ1n) is 5.53. The van der Waals surface area contributed by atoms with E-state index in [0.29, 0.717) is 12.6 Å². The average Bonchev–Trinajstić information content (AvgIpc) is 2.56. The van der Waals surface area contributed by atoms with Gasteiger partial charge in [0.25, 0.3) is 0 Å². The summed E-state index contributed by atoms with van der Waals surface area (Å²) >= 11 is 0. The van der Waals surface area contributed by atoms with Gasteiger partial charge >= 0.3 is 0 Å². The van der Waals surface area contributed by atoms with Crippen LogP contribution in [-0.2, 0) is 4.74 Å². The molecule has 2 saturated heterocycles. The zero-order chi connectivity index (χ0) is 9.97. The summed E-state index contributed by atoms with van der Waals surface area (Å²) in [5.41, 5.74) is 5.83. The van der Waals surface area contributed by atoms with E-state index in [0.717, 1.165) is 38.9 Å². The first-order valence-corrected chi connectivity index (χ1v) is 5.53. The third-order valence-electron chi connectivity index (χ3n) is 3.25. The largest absolute Gasteiger partial charge is 0.390 e. The number of rotatable bonds is 2. The second kappa shape index (κ2) is 4.57. The van der Waals surface area contributed by atoms with Crippen molar-refractivity contribution in [2.75, 3.05) is 26.2 Å². The molecule has 4 heteroatoms. The third-order valence-corrected chi connectivity index (χ3v) is 3.25. The van der Waals surface area contributed by atoms with Crippen LogP contribution >= 0.6 is 0 Å². The van der Waals surface area contributed by atoms with Crippen LogP contribution in [0.1, 0.15) is 19.3 Å². The van der Waals surface area contributed by atoms with Crippen LogP contribution in [0, 0.1) is 0 Å². The predicted octanol–water partition coefficient (Wildman–Crippen LogP) is -0.441. The first-order chi connectivity index (χ1) is 6.75. The Bertz CT molecular complexity index is 181. The van der Waals surface area contributed by atoms with Crippen LogP contribution in [0.5, 0.6) is 0 Å². The summed E-state index contributed by atoms with van der Waals surface area (Å²) in [7, 11) is 0. The molecule has 0 saturated carbocycles. The molecule has 0 bridgehead atoms. The van der Waals surface area contributed by atoms with Crippen LogP contribution in [0.15, 0.2) is 0 Å². The minimum Gasteiger partial charge on any atom is -0.390 e. The summed E-state index contributed by atoms with van der Waals surface area (Å²) in [6.45, 7) is 3.68. The quantitative estimate of drug-likeness (QED) is 0.634. The smallest absolute Gasteiger partial charge is 0.0961 e. The van der Waals surface area contributed by atoms with Crippen molar-refractivity contribution in [1.82, 2.24) is 4.90 Å². The van der Waals surface area contributed by atoms with Gasteiger partial charge in [-0.15, -0.1) is 0 Å². The van der Waals surface area contributed by atoms with Crippen LogP contribution in [-0.4, -0.2) is 54.5 Å². The second-order valence-electron chi connectivity index (χ2n) is 4.40. The molecule has 2 aliphatic heterocycles. The topological polar surface area (TPSA) is 58.7 Å². The lowest BCUT2D eigenvalue weighted by Crippen LogP contribution is -2.44. The highest BCUT2D eigenvalue weighted by atomic mass is 16.5. The van der Waals surface area contributed by atoms with Gasteiger partial charge in [0.2, 0.25) is 0 Å². The van der Waals surface area contributed by atoms with Crippen LogP contribution in [0.3, 0.4) is 0 Å². The monoisotopic (exact) mass is 200 g/mol. The number of nitrogens with two attached hydrogens (primary N) is 1. The minimum absolute atomic E-state index is 0.0318. The molecule has 2 rings (SSSR count). The number of piperidine rings is 1. The molecule has 2 aliphatic rings. The maximum Gasteiger partial charge on any atom is 0.0961 e. The minimum atomic E-state index is -0.259. The molecule has 0 aromatic rings. The van der Waals surface area contributed by atoms with E-state index in [9.17, 15) is 5.11 Å². The van der Waals surface area contributed by atoms with Gasteiger partial charge in [0, 0.05) is 19.2 Å². The Morgan fingerprint density at radius 3 is 2.57 bits per heavy atom. The van der Waals surface area contributed by atoms with Crippen LogP contribution < -0.4 is 5.73 Å². The highest BCUT2D eigenvalue weighted by Gasteiger charge is 2.29. The molecule has 0 aromatic heterocycles. The Kier molecular flexibility index (Phi) is 3.38. The lowest BCUT2D eigenvalue weighted by molar-refractivity contribution is 0.0117. The van der Waals surface area contributed by atoms with Crippen molar-refractivity contribution < 1.29 is 9.84 Å². The molecule has 2 fully saturated rings. The maximum atomic E-state index is 9.60. The van der Waals surface area contributed by atoms with Gasteiger partial charge in [-0.3, -0.25) is 0 Å². The van der Waals surface area contributed by atoms with Gasteiger partial charge in [-0.1, -0.05) is 0 Å². The van der Waals surface area contributed by atoms with E-state index >= 15 is 0 Å². The standard InChI is InChI=1S/C10H20N2O2/c11-8-1-4-12(5-2-8)7-10-9(13)3-6-14-10/h8-10,13H,1-7,11H2. The normalized spacial score (nSPS) is 36.4. The molecule has 0 aliphatic carbocycles. The Balaban J connectivity index is 1.74. The van der Waals surface area contributed by atoms with Crippen molar-refractivity contribution in [2.24, 2.45) is 5.73 Å². The molecule has 2 atom stereocenters. The molecule has 0 spiro atoms. The van der Waals surface area contributed by atoms with Crippen molar-refractivity contribution in [3.8, 4) is 0 Å². The number of ether oxygens (including phenoxy) is 1. The van der Waals surface area contributed by atoms with Crippen LogP contribution in [0.2, 0.25) is 0 Å². The summed E-state index contributed by atoms with van der Waals surface area (Å²) < 4.78 is 5.47. The van der Waals surface area contributed by atoms with E-state index in [1.54, 1.807) is 0 Å². The van der Waals surface area contributed by atoms with E-state index in [4.69, 9.17) is 10.5 Å². The molecule has 0 aromatic carbocycles. The van der Waals surface area contributed by atoms with E-state index in [1.165, 1.54) is 0 Å². The molecule has 3 N–H and O–H groups in total. The molecule has 4 nitrogen and oxygen atoms in total. The Labute approximate surface area is 85.0 Å². The van der Waals surface area contributed by atoms with Gasteiger partial charge < -0.3 is 20.5 Å². The number of aliphatic hydroxyl groups is 1. The van der Waals surface area contributed by atoms with Gasteiger partial charge in [0.15, 0.2) is 0 Å². The number of hydrogen-bond donors (Lipinski definition) is 2. The molecular formula is C10H20N2O2. The number of nitrogens with zero attached hydrogens (tertiary/aromatic N) is 1. The fourth-order valence-electron chi connectivity index (χ4n) is 2.20. The fourth-order valence-corrected chi connectivity index (χ4v) is 2.20. The summed E-state index contributed by atoms with van der Waals surface area (Å²) in [5.74, 6) is 0. The number of likely N-dealkylation sites (tertiary alicyclic amines) is 1. The van der Waals surface area contributed by atoms with E-state index in [-0.39, 0.29) is 12.2 Å². The highest BCUT2D eigenvalue weighted by molar-refractivity contribution is 4.81. The third kappa shape index (κ3) is 2.45. The average molecular weight is 200 g/mol. The van der Waals surface area contributed by atoms with Crippen molar-refractivity contribution in [2.45, 2.75) is 37.5 Å². The fraction of sp³-hybridized carbons (Fsp3) is 1.00. The molecular weight excluding hydrogens is 180 g/mol. The first kappa shape index (κ1) is 10.4. The molecule has 2 unspecified atom stereocenters. The summed E-state index contributed by atoms with van der Waals surface area (Å²) in [6.07, 6.45) is 2.71. The van der Waals surface area contributed by atoms with Crippen LogP contribution in [0.25, 0.3) is 0 Å². The SMILES string of the molecule is NC1CCN(CC2OCCC2O)CC1. The summed E-state index contributed by atoms with van der Waals surface area (Å²) in [4.78, 5) is 2.35. The molecule has 0 amide bonds. The van der Waals surface area contributed by atoms with Crippen molar-refractivity contribution in [3.63, 3.8) is 0 Å². The lowest BCUT2D eigenvalue weighted by atomic mass is 10.1. The lowest BCUT2D eigenvalue weighted by Gasteiger charge is -2.32. The Hall–Kier alpha value is -0.160. The van der Waals surface area contributed by atoms with Gasteiger partial charge in [0.1, 0.15) is 0 Å². The molecule has 14 heavy (non-hydrogen) atoms. The number of aliphatic hydroxyl groups excluding tert-OH is 1.